The molecule has 48 valence electrons. The molecule has 0 aromatic heterocycles. The zero-order chi connectivity index (χ0) is 6.78. The lowest BCUT2D eigenvalue weighted by atomic mass is 11.4. The molecule has 8 heavy (non-hydrogen) atoms. The molecule has 0 heterocycles. The SMILES string of the molecule is N=C(N)PS(=O)(=O)O. The van der Waals surface area contributed by atoms with Gasteiger partial charge >= 0.3 is 0 Å². The van der Waals surface area contributed by atoms with Crippen LogP contribution in [0.3, 0.4) is 0 Å². The second-order valence-corrected chi connectivity index (χ2v) is 4.84. The van der Waals surface area contributed by atoms with Gasteiger partial charge in [-0.05, 0) is 0 Å². The van der Waals surface area contributed by atoms with Crippen LogP contribution in [0.5, 0.6) is 0 Å². The van der Waals surface area contributed by atoms with Crippen LogP contribution in [0.1, 0.15) is 0 Å². The Morgan fingerprint density at radius 1 is 1.75 bits per heavy atom. The molecule has 0 aromatic carbocycles. The number of amidine groups is 1. The zero-order valence-electron chi connectivity index (χ0n) is 3.75. The van der Waals surface area contributed by atoms with E-state index in [-0.39, 0.29) is 0 Å². The summed E-state index contributed by atoms with van der Waals surface area (Å²) in [5.74, 6) is 0. The lowest BCUT2D eigenvalue weighted by Gasteiger charge is -1.89. The average Bonchev–Trinajstić information content (AvgIpc) is 1.21. The van der Waals surface area contributed by atoms with Gasteiger partial charge in [-0.15, -0.1) is 0 Å². The van der Waals surface area contributed by atoms with Gasteiger partial charge in [0.05, 0.1) is 0 Å². The maximum absolute atomic E-state index is 9.79. The third-order valence-corrected chi connectivity index (χ3v) is 2.15. The van der Waals surface area contributed by atoms with Crippen molar-refractivity contribution in [3.63, 3.8) is 0 Å². The maximum Gasteiger partial charge on any atom is 0.285 e. The molecule has 0 radical (unpaired) electrons. The third-order valence-electron chi connectivity index (χ3n) is 0.239. The zero-order valence-corrected chi connectivity index (χ0v) is 5.57. The molecule has 0 bridgehead atoms. The molecular weight excluding hydrogens is 151 g/mol. The van der Waals surface area contributed by atoms with Crippen molar-refractivity contribution in [3.8, 4) is 0 Å². The summed E-state index contributed by atoms with van der Waals surface area (Å²) in [7, 11) is -5.06. The van der Waals surface area contributed by atoms with Crippen molar-refractivity contribution in [3.05, 3.63) is 0 Å². The minimum Gasteiger partial charge on any atom is -0.383 e. The Hall–Kier alpha value is -0.190. The van der Waals surface area contributed by atoms with Crippen LogP contribution in [0.4, 0.5) is 0 Å². The molecule has 4 N–H and O–H groups in total. The molecule has 0 aliphatic heterocycles. The first-order valence-corrected chi connectivity index (χ1v) is 4.67. The highest BCUT2D eigenvalue weighted by Crippen LogP contribution is 2.15. The molecule has 0 spiro atoms. The second kappa shape index (κ2) is 2.39. The van der Waals surface area contributed by atoms with Gasteiger partial charge < -0.3 is 5.73 Å². The molecule has 0 aliphatic carbocycles. The van der Waals surface area contributed by atoms with Gasteiger partial charge in [-0.25, -0.2) is 0 Å². The molecule has 5 nitrogen and oxygen atoms in total. The van der Waals surface area contributed by atoms with Gasteiger partial charge in [-0.2, -0.15) is 8.42 Å². The quantitative estimate of drug-likeness (QED) is 0.214. The van der Waals surface area contributed by atoms with Gasteiger partial charge in [0.25, 0.3) is 9.74 Å². The van der Waals surface area contributed by atoms with Crippen LogP contribution in [-0.4, -0.2) is 18.5 Å². The minimum absolute atomic E-state index is 0.535. The highest BCUT2D eigenvalue weighted by Gasteiger charge is 2.04. The average molecular weight is 156 g/mol. The van der Waals surface area contributed by atoms with Crippen LogP contribution in [0.25, 0.3) is 0 Å². The van der Waals surface area contributed by atoms with Gasteiger partial charge in [0.2, 0.25) is 0 Å². The minimum atomic E-state index is -4.05. The van der Waals surface area contributed by atoms with Crippen LogP contribution in [0.2, 0.25) is 0 Å². The summed E-state index contributed by atoms with van der Waals surface area (Å²) < 4.78 is 27.5. The van der Waals surface area contributed by atoms with E-state index in [2.05, 4.69) is 5.73 Å². The van der Waals surface area contributed by atoms with Crippen molar-refractivity contribution in [2.75, 3.05) is 0 Å². The highest BCUT2D eigenvalue weighted by atomic mass is 32.8. The Bertz CT molecular complexity index is 183. The van der Waals surface area contributed by atoms with E-state index in [0.29, 0.717) is 0 Å². The summed E-state index contributed by atoms with van der Waals surface area (Å²) >= 11 is 0. The Balaban J connectivity index is 3.95. The van der Waals surface area contributed by atoms with Crippen molar-refractivity contribution in [1.82, 2.24) is 0 Å². The fourth-order valence-corrected chi connectivity index (χ4v) is 1.25. The normalized spacial score (nSPS) is 12.6. The Morgan fingerprint density at radius 3 is 2.12 bits per heavy atom. The van der Waals surface area contributed by atoms with Crippen molar-refractivity contribution in [2.45, 2.75) is 0 Å². The molecule has 0 fully saturated rings. The smallest absolute Gasteiger partial charge is 0.285 e. The van der Waals surface area contributed by atoms with E-state index in [9.17, 15) is 8.42 Å². The summed E-state index contributed by atoms with van der Waals surface area (Å²) in [5, 5.41) is 6.40. The van der Waals surface area contributed by atoms with Gasteiger partial charge in [-0.1, -0.05) is 0 Å². The first kappa shape index (κ1) is 7.81. The summed E-state index contributed by atoms with van der Waals surface area (Å²) in [4.78, 5) is 0. The fourth-order valence-electron chi connectivity index (χ4n) is 0.139. The summed E-state index contributed by atoms with van der Waals surface area (Å²) in [6, 6.07) is 0. The largest absolute Gasteiger partial charge is 0.383 e. The van der Waals surface area contributed by atoms with Gasteiger partial charge in [-0.3, -0.25) is 9.96 Å². The van der Waals surface area contributed by atoms with E-state index in [1.54, 1.807) is 0 Å². The van der Waals surface area contributed by atoms with Crippen molar-refractivity contribution < 1.29 is 13.0 Å². The predicted molar refractivity (Wildman–Crippen MR) is 31.8 cm³/mol. The molecule has 1 atom stereocenters. The van der Waals surface area contributed by atoms with Crippen molar-refractivity contribution in [1.29, 1.82) is 5.41 Å². The monoisotopic (exact) mass is 156 g/mol. The maximum atomic E-state index is 9.79. The number of nitrogens with one attached hydrogen (secondary N) is 1. The predicted octanol–water partition coefficient (Wildman–Crippen LogP) is -0.639. The molecule has 0 rings (SSSR count). The van der Waals surface area contributed by atoms with Crippen molar-refractivity contribution >= 4 is 23.1 Å². The fraction of sp³-hybridized carbons (Fsp3) is 0. The summed E-state index contributed by atoms with van der Waals surface area (Å²) in [6.45, 7) is 0. The van der Waals surface area contributed by atoms with Crippen LogP contribution >= 0.6 is 7.78 Å². The Morgan fingerprint density at radius 2 is 2.12 bits per heavy atom. The van der Waals surface area contributed by atoms with E-state index in [1.165, 1.54) is 0 Å². The molecule has 0 saturated heterocycles. The van der Waals surface area contributed by atoms with Crippen LogP contribution in [0.15, 0.2) is 0 Å². The van der Waals surface area contributed by atoms with E-state index >= 15 is 0 Å². The van der Waals surface area contributed by atoms with Crippen molar-refractivity contribution in [2.24, 2.45) is 5.73 Å². The van der Waals surface area contributed by atoms with Crippen LogP contribution < -0.4 is 5.73 Å². The highest BCUT2D eigenvalue weighted by molar-refractivity contribution is 8.45. The van der Waals surface area contributed by atoms with Crippen LogP contribution in [-0.2, 0) is 9.74 Å². The molecule has 0 amide bonds. The Kier molecular flexibility index (Phi) is 2.33. The van der Waals surface area contributed by atoms with E-state index in [4.69, 9.17) is 9.96 Å². The molecule has 0 aromatic rings. The number of rotatable bonds is 2. The molecule has 0 saturated carbocycles. The van der Waals surface area contributed by atoms with Crippen LogP contribution in [0, 0.1) is 5.41 Å². The summed E-state index contributed by atoms with van der Waals surface area (Å²) in [6.07, 6.45) is 0. The number of hydrogen-bond donors (Lipinski definition) is 3. The summed E-state index contributed by atoms with van der Waals surface area (Å²) in [5.41, 5.74) is 4.10. The molecule has 7 heteroatoms. The standard InChI is InChI=1S/CH5N2O3PS/c2-1(3)7-8(4,5)6/h7H,(H3,2,3)(H,4,5,6). The van der Waals surface area contributed by atoms with Gasteiger partial charge in [0.1, 0.15) is 13.4 Å². The lowest BCUT2D eigenvalue weighted by molar-refractivity contribution is 0.502. The Labute approximate surface area is 48.1 Å². The lowest BCUT2D eigenvalue weighted by Crippen LogP contribution is -2.05. The van der Waals surface area contributed by atoms with E-state index in [0.717, 1.165) is 0 Å². The van der Waals surface area contributed by atoms with Gasteiger partial charge in [0.15, 0.2) is 0 Å². The molecule has 1 unspecified atom stereocenters. The first-order valence-electron chi connectivity index (χ1n) is 1.51. The van der Waals surface area contributed by atoms with E-state index < -0.39 is 23.1 Å². The van der Waals surface area contributed by atoms with E-state index in [1.807, 2.05) is 0 Å². The van der Waals surface area contributed by atoms with Gasteiger partial charge in [0, 0.05) is 0 Å². The number of hydrogen-bond acceptors (Lipinski definition) is 3. The second-order valence-electron chi connectivity index (χ2n) is 0.991. The topological polar surface area (TPSA) is 104 Å². The molecular formula is CH5N2O3PS. The first-order chi connectivity index (χ1) is 3.42. The third kappa shape index (κ3) is 5.81. The molecule has 0 aliphatic rings. The number of nitrogens with two attached hydrogens (primary N) is 1.